The minimum atomic E-state index is 0.624. The van der Waals surface area contributed by atoms with Gasteiger partial charge < -0.3 is 5.32 Å². The molecule has 1 fully saturated rings. The standard InChI is InChI=1S/C16H17N3/c1-3-12-11-16(15(12)4-1)18-13-5-7-14(8-6-13)19-10-2-9-17-19/h1-2,4-10,12,15-16,18H,3,11H2. The highest BCUT2D eigenvalue weighted by Crippen LogP contribution is 2.44. The molecule has 3 nitrogen and oxygen atoms in total. The summed E-state index contributed by atoms with van der Waals surface area (Å²) in [6, 6.07) is 11.1. The zero-order valence-electron chi connectivity index (χ0n) is 10.7. The van der Waals surface area contributed by atoms with Gasteiger partial charge in [0.1, 0.15) is 0 Å². The molecular weight excluding hydrogens is 234 g/mol. The number of nitrogens with one attached hydrogen (secondary N) is 1. The lowest BCUT2D eigenvalue weighted by Crippen LogP contribution is -2.43. The third-order valence-corrected chi connectivity index (χ3v) is 4.35. The lowest BCUT2D eigenvalue weighted by Gasteiger charge is -2.41. The molecule has 0 radical (unpaired) electrons. The smallest absolute Gasteiger partial charge is 0.0647 e. The molecule has 1 saturated carbocycles. The summed E-state index contributed by atoms with van der Waals surface area (Å²) in [5, 5.41) is 7.88. The molecule has 19 heavy (non-hydrogen) atoms. The number of hydrogen-bond donors (Lipinski definition) is 1. The molecule has 3 unspecified atom stereocenters. The van der Waals surface area contributed by atoms with E-state index in [0.29, 0.717) is 6.04 Å². The van der Waals surface area contributed by atoms with Gasteiger partial charge in [0.2, 0.25) is 0 Å². The minimum absolute atomic E-state index is 0.624. The molecule has 3 atom stereocenters. The fourth-order valence-corrected chi connectivity index (χ4v) is 3.23. The van der Waals surface area contributed by atoms with E-state index in [1.165, 1.54) is 18.5 Å². The fourth-order valence-electron chi connectivity index (χ4n) is 3.23. The second-order valence-corrected chi connectivity index (χ2v) is 5.49. The Morgan fingerprint density at radius 3 is 2.84 bits per heavy atom. The molecular formula is C16H17N3. The van der Waals surface area contributed by atoms with Crippen LogP contribution in [0.4, 0.5) is 5.69 Å². The summed E-state index contributed by atoms with van der Waals surface area (Å²) >= 11 is 0. The molecule has 0 aliphatic heterocycles. The molecule has 0 spiro atoms. The van der Waals surface area contributed by atoms with Crippen LogP contribution in [0.5, 0.6) is 0 Å². The van der Waals surface area contributed by atoms with E-state index < -0.39 is 0 Å². The molecule has 2 aliphatic rings. The number of fused-ring (bicyclic) bond motifs is 1. The van der Waals surface area contributed by atoms with Gasteiger partial charge in [0.05, 0.1) is 5.69 Å². The zero-order chi connectivity index (χ0) is 12.7. The van der Waals surface area contributed by atoms with Crippen LogP contribution in [0.1, 0.15) is 12.8 Å². The average Bonchev–Trinajstić information content (AvgIpc) is 3.06. The number of anilines is 1. The van der Waals surface area contributed by atoms with Gasteiger partial charge in [0.15, 0.2) is 0 Å². The molecule has 96 valence electrons. The molecule has 2 aliphatic carbocycles. The van der Waals surface area contributed by atoms with Gasteiger partial charge in [-0.1, -0.05) is 12.2 Å². The quantitative estimate of drug-likeness (QED) is 0.849. The van der Waals surface area contributed by atoms with Gasteiger partial charge in [0.25, 0.3) is 0 Å². The van der Waals surface area contributed by atoms with Crippen LogP contribution in [0.25, 0.3) is 5.69 Å². The maximum absolute atomic E-state index is 4.24. The van der Waals surface area contributed by atoms with Gasteiger partial charge in [-0.05, 0) is 49.1 Å². The number of nitrogens with zero attached hydrogens (tertiary/aromatic N) is 2. The Bertz CT molecular complexity index is 583. The predicted molar refractivity (Wildman–Crippen MR) is 76.3 cm³/mol. The highest BCUT2D eigenvalue weighted by molar-refractivity contribution is 5.50. The van der Waals surface area contributed by atoms with Gasteiger partial charge in [0, 0.05) is 30.0 Å². The largest absolute Gasteiger partial charge is 0.382 e. The van der Waals surface area contributed by atoms with Crippen LogP contribution in [0, 0.1) is 11.8 Å². The molecule has 1 heterocycles. The first kappa shape index (κ1) is 10.9. The summed E-state index contributed by atoms with van der Waals surface area (Å²) in [4.78, 5) is 0. The number of benzene rings is 1. The number of aromatic nitrogens is 2. The molecule has 0 amide bonds. The highest BCUT2D eigenvalue weighted by atomic mass is 15.3. The van der Waals surface area contributed by atoms with Crippen molar-refractivity contribution >= 4 is 5.69 Å². The Kier molecular flexibility index (Phi) is 2.44. The number of allylic oxidation sites excluding steroid dienone is 1. The van der Waals surface area contributed by atoms with Crippen molar-refractivity contribution in [1.82, 2.24) is 9.78 Å². The van der Waals surface area contributed by atoms with Crippen LogP contribution in [0.2, 0.25) is 0 Å². The van der Waals surface area contributed by atoms with E-state index in [2.05, 4.69) is 46.8 Å². The molecule has 1 aromatic carbocycles. The Morgan fingerprint density at radius 1 is 1.21 bits per heavy atom. The zero-order valence-corrected chi connectivity index (χ0v) is 10.7. The summed E-state index contributed by atoms with van der Waals surface area (Å²) in [5.41, 5.74) is 2.31. The summed E-state index contributed by atoms with van der Waals surface area (Å²) in [7, 11) is 0. The van der Waals surface area contributed by atoms with Crippen molar-refractivity contribution in [3.05, 3.63) is 54.9 Å². The molecule has 0 bridgehead atoms. The average molecular weight is 251 g/mol. The first-order chi connectivity index (χ1) is 9.40. The van der Waals surface area contributed by atoms with Crippen LogP contribution in [-0.4, -0.2) is 15.8 Å². The van der Waals surface area contributed by atoms with E-state index in [-0.39, 0.29) is 0 Å². The van der Waals surface area contributed by atoms with Crippen LogP contribution < -0.4 is 5.32 Å². The van der Waals surface area contributed by atoms with Gasteiger partial charge >= 0.3 is 0 Å². The third kappa shape index (κ3) is 1.86. The SMILES string of the molecule is C1=CC2C(C1)CC2Nc1ccc(-n2cccn2)cc1. The number of rotatable bonds is 3. The predicted octanol–water partition coefficient (Wildman–Crippen LogP) is 3.25. The van der Waals surface area contributed by atoms with Crippen LogP contribution in [-0.2, 0) is 0 Å². The van der Waals surface area contributed by atoms with Crippen LogP contribution in [0.3, 0.4) is 0 Å². The fraction of sp³-hybridized carbons (Fsp3) is 0.312. The normalized spacial score (nSPS) is 27.9. The van der Waals surface area contributed by atoms with Crippen molar-refractivity contribution in [3.63, 3.8) is 0 Å². The van der Waals surface area contributed by atoms with Crippen molar-refractivity contribution in [2.75, 3.05) is 5.32 Å². The maximum atomic E-state index is 4.24. The summed E-state index contributed by atoms with van der Waals surface area (Å²) in [6.07, 6.45) is 11.1. The maximum Gasteiger partial charge on any atom is 0.0647 e. The van der Waals surface area contributed by atoms with Crippen molar-refractivity contribution in [1.29, 1.82) is 0 Å². The van der Waals surface area contributed by atoms with Crippen molar-refractivity contribution < 1.29 is 0 Å². The van der Waals surface area contributed by atoms with Gasteiger partial charge in [-0.2, -0.15) is 5.10 Å². The molecule has 4 rings (SSSR count). The Morgan fingerprint density at radius 2 is 2.11 bits per heavy atom. The summed E-state index contributed by atoms with van der Waals surface area (Å²) in [5.74, 6) is 1.66. The monoisotopic (exact) mass is 251 g/mol. The minimum Gasteiger partial charge on any atom is -0.382 e. The molecule has 1 aromatic heterocycles. The molecule has 0 saturated heterocycles. The first-order valence-corrected chi connectivity index (χ1v) is 6.93. The highest BCUT2D eigenvalue weighted by Gasteiger charge is 2.40. The van der Waals surface area contributed by atoms with E-state index in [1.807, 2.05) is 16.9 Å². The second kappa shape index (κ2) is 4.26. The molecule has 1 N–H and O–H groups in total. The summed E-state index contributed by atoms with van der Waals surface area (Å²) in [6.45, 7) is 0. The topological polar surface area (TPSA) is 29.9 Å². The van der Waals surface area contributed by atoms with Crippen molar-refractivity contribution in [2.24, 2.45) is 11.8 Å². The Hall–Kier alpha value is -2.03. The van der Waals surface area contributed by atoms with E-state index in [0.717, 1.165) is 17.5 Å². The molecule has 2 aromatic rings. The van der Waals surface area contributed by atoms with Crippen molar-refractivity contribution in [2.45, 2.75) is 18.9 Å². The van der Waals surface area contributed by atoms with E-state index in [9.17, 15) is 0 Å². The van der Waals surface area contributed by atoms with E-state index in [4.69, 9.17) is 0 Å². The van der Waals surface area contributed by atoms with Gasteiger partial charge in [-0.3, -0.25) is 0 Å². The lowest BCUT2D eigenvalue weighted by atomic mass is 9.71. The van der Waals surface area contributed by atoms with Crippen molar-refractivity contribution in [3.8, 4) is 5.69 Å². The second-order valence-electron chi connectivity index (χ2n) is 5.49. The van der Waals surface area contributed by atoms with E-state index >= 15 is 0 Å². The first-order valence-electron chi connectivity index (χ1n) is 6.93. The number of hydrogen-bond acceptors (Lipinski definition) is 2. The van der Waals surface area contributed by atoms with Gasteiger partial charge in [-0.25, -0.2) is 4.68 Å². The third-order valence-electron chi connectivity index (χ3n) is 4.35. The lowest BCUT2D eigenvalue weighted by molar-refractivity contribution is 0.218. The Labute approximate surface area is 112 Å². The molecule has 3 heteroatoms. The van der Waals surface area contributed by atoms with Gasteiger partial charge in [-0.15, -0.1) is 0 Å². The van der Waals surface area contributed by atoms with Crippen LogP contribution >= 0.6 is 0 Å². The Balaban J connectivity index is 1.46. The van der Waals surface area contributed by atoms with E-state index in [1.54, 1.807) is 6.20 Å². The summed E-state index contributed by atoms with van der Waals surface area (Å²) < 4.78 is 1.88. The van der Waals surface area contributed by atoms with Crippen LogP contribution in [0.15, 0.2) is 54.9 Å².